The van der Waals surface area contributed by atoms with E-state index in [0.717, 1.165) is 11.8 Å². The molecule has 0 bridgehead atoms. The number of aromatic nitrogens is 5. The van der Waals surface area contributed by atoms with Gasteiger partial charge in [-0.25, -0.2) is 14.4 Å². The van der Waals surface area contributed by atoms with E-state index in [-0.39, 0.29) is 41.9 Å². The summed E-state index contributed by atoms with van der Waals surface area (Å²) in [6, 6.07) is 2.26. The Morgan fingerprint density at radius 3 is 2.71 bits per heavy atom. The van der Waals surface area contributed by atoms with E-state index >= 15 is 0 Å². The number of nitrogens with one attached hydrogen (secondary N) is 2. The van der Waals surface area contributed by atoms with Crippen molar-refractivity contribution in [1.82, 2.24) is 24.9 Å². The molecule has 0 radical (unpaired) electrons. The van der Waals surface area contributed by atoms with Crippen LogP contribution in [0.15, 0.2) is 29.7 Å². The zero-order chi connectivity index (χ0) is 29.5. The highest BCUT2D eigenvalue weighted by atomic mass is 32.2. The Hall–Kier alpha value is -3.77. The number of carboxylic acids is 1. The molecule has 0 spiro atoms. The molecule has 0 unspecified atom stereocenters. The van der Waals surface area contributed by atoms with Gasteiger partial charge in [0.2, 0.25) is 0 Å². The molecule has 1 aromatic carbocycles. The van der Waals surface area contributed by atoms with Crippen molar-refractivity contribution in [3.63, 3.8) is 0 Å². The van der Waals surface area contributed by atoms with Gasteiger partial charge in [-0.3, -0.25) is 4.79 Å². The molecule has 0 aliphatic heterocycles. The smallest absolute Gasteiger partial charge is 0.409 e. The molecule has 0 aliphatic rings. The standard InChI is InChI=1S/C24H31BFN9O5S/c1-25(38)35(2)17-7-13(26)6-16-19-21(31-14(8-28)11-39-5-3-4-27)33-23(34-22(19)32-20(16)17)40-15-9-29-24(30-10-15)41-12-18(36)37/h6-7,9-10,14,38H,3-5,8,11-12,27-28H2,1-2H3,(H,36,37)(H2,31,32,33,34)/t14-/m1/s1. The van der Waals surface area contributed by atoms with Crippen LogP contribution in [0.5, 0.6) is 11.8 Å². The fraction of sp³-hybridized carbons (Fsp3) is 0.375. The lowest BCUT2D eigenvalue weighted by atomic mass is 9.85. The number of nitrogens with zero attached hydrogens (tertiary/aromatic N) is 5. The Bertz CT molecular complexity index is 1490. The molecule has 41 heavy (non-hydrogen) atoms. The van der Waals surface area contributed by atoms with E-state index in [0.29, 0.717) is 53.0 Å². The first kappa shape index (κ1) is 30.2. The van der Waals surface area contributed by atoms with Crippen LogP contribution >= 0.6 is 11.8 Å². The van der Waals surface area contributed by atoms with E-state index in [4.69, 9.17) is 26.0 Å². The van der Waals surface area contributed by atoms with E-state index in [1.165, 1.54) is 29.3 Å². The van der Waals surface area contributed by atoms with Crippen molar-refractivity contribution in [2.75, 3.05) is 49.2 Å². The van der Waals surface area contributed by atoms with Crippen molar-refractivity contribution in [1.29, 1.82) is 0 Å². The molecule has 0 fully saturated rings. The number of rotatable bonds is 15. The lowest BCUT2D eigenvalue weighted by Gasteiger charge is -2.21. The van der Waals surface area contributed by atoms with Gasteiger partial charge in [-0.1, -0.05) is 11.8 Å². The minimum Gasteiger partial charge on any atom is -0.481 e. The summed E-state index contributed by atoms with van der Waals surface area (Å²) in [6.45, 7) is 3.02. The van der Waals surface area contributed by atoms with Crippen LogP contribution in [0, 0.1) is 5.82 Å². The van der Waals surface area contributed by atoms with E-state index in [1.807, 2.05) is 0 Å². The molecular weight excluding hydrogens is 556 g/mol. The summed E-state index contributed by atoms with van der Waals surface area (Å²) in [4.78, 5) is 32.8. The van der Waals surface area contributed by atoms with Gasteiger partial charge in [-0.05, 0) is 39.0 Å². The summed E-state index contributed by atoms with van der Waals surface area (Å²) < 4.78 is 26.3. The summed E-state index contributed by atoms with van der Waals surface area (Å²) in [5.74, 6) is -1.14. The second-order valence-corrected chi connectivity index (χ2v) is 10.0. The number of carbonyl (C=O) groups is 1. The summed E-state index contributed by atoms with van der Waals surface area (Å²) in [5.41, 5.74) is 12.8. The van der Waals surface area contributed by atoms with Crippen LogP contribution in [-0.4, -0.2) is 93.2 Å². The van der Waals surface area contributed by atoms with Gasteiger partial charge in [-0.15, -0.1) is 0 Å². The van der Waals surface area contributed by atoms with E-state index in [2.05, 4.69) is 30.2 Å². The normalized spacial score (nSPS) is 12.0. The van der Waals surface area contributed by atoms with Crippen molar-refractivity contribution in [3.05, 3.63) is 30.3 Å². The number of benzene rings is 1. The second kappa shape index (κ2) is 13.7. The molecule has 14 nitrogen and oxygen atoms in total. The minimum absolute atomic E-state index is 0.0631. The monoisotopic (exact) mass is 587 g/mol. The van der Waals surface area contributed by atoms with Gasteiger partial charge >= 0.3 is 19.0 Å². The Labute approximate surface area is 239 Å². The van der Waals surface area contributed by atoms with Crippen molar-refractivity contribution in [3.8, 4) is 11.8 Å². The Balaban J connectivity index is 1.75. The fourth-order valence-electron chi connectivity index (χ4n) is 3.89. The number of hydrogen-bond acceptors (Lipinski definition) is 13. The first-order valence-electron chi connectivity index (χ1n) is 12.7. The number of hydrogen-bond donors (Lipinski definition) is 6. The van der Waals surface area contributed by atoms with E-state index in [9.17, 15) is 14.2 Å². The van der Waals surface area contributed by atoms with Crippen LogP contribution in [0.25, 0.3) is 21.9 Å². The number of H-pyrrole nitrogens is 1. The largest absolute Gasteiger partial charge is 0.481 e. The Morgan fingerprint density at radius 1 is 1.29 bits per heavy atom. The topological polar surface area (TPSA) is 211 Å². The molecule has 0 saturated heterocycles. The highest BCUT2D eigenvalue weighted by Gasteiger charge is 2.23. The summed E-state index contributed by atoms with van der Waals surface area (Å²) in [5, 5.41) is 23.5. The number of anilines is 2. The number of nitrogens with two attached hydrogens (primary N) is 2. The zero-order valence-electron chi connectivity index (χ0n) is 22.5. The van der Waals surface area contributed by atoms with Crippen LogP contribution in [0.2, 0.25) is 6.82 Å². The van der Waals surface area contributed by atoms with Crippen molar-refractivity contribution in [2.24, 2.45) is 11.5 Å². The average molecular weight is 587 g/mol. The molecule has 218 valence electrons. The highest BCUT2D eigenvalue weighted by Crippen LogP contribution is 2.37. The van der Waals surface area contributed by atoms with Crippen LogP contribution in [0.3, 0.4) is 0 Å². The molecule has 4 rings (SSSR count). The molecule has 4 aromatic rings. The number of aliphatic carboxylic acids is 1. The molecular formula is C24H31BFN9O5S. The molecule has 17 heteroatoms. The Kier molecular flexibility index (Phi) is 10.1. The number of thioether (sulfide) groups is 1. The average Bonchev–Trinajstić information content (AvgIpc) is 3.31. The van der Waals surface area contributed by atoms with Crippen LogP contribution in [-0.2, 0) is 9.53 Å². The number of aromatic amines is 1. The van der Waals surface area contributed by atoms with Crippen molar-refractivity contribution >= 4 is 58.2 Å². The molecule has 3 heterocycles. The van der Waals surface area contributed by atoms with E-state index in [1.54, 1.807) is 13.9 Å². The summed E-state index contributed by atoms with van der Waals surface area (Å²) >= 11 is 0.969. The maximum absolute atomic E-state index is 14.8. The van der Waals surface area contributed by atoms with Gasteiger partial charge in [0.25, 0.3) is 0 Å². The predicted molar refractivity (Wildman–Crippen MR) is 155 cm³/mol. The van der Waals surface area contributed by atoms with Crippen LogP contribution in [0.1, 0.15) is 6.42 Å². The minimum atomic E-state index is -0.984. The predicted octanol–water partition coefficient (Wildman–Crippen LogP) is 1.66. The van der Waals surface area contributed by atoms with Gasteiger partial charge < -0.3 is 46.2 Å². The second-order valence-electron chi connectivity index (χ2n) is 9.07. The van der Waals surface area contributed by atoms with Gasteiger partial charge in [-0.2, -0.15) is 9.97 Å². The third kappa shape index (κ3) is 7.50. The maximum Gasteiger partial charge on any atom is 0.409 e. The molecule has 0 amide bonds. The van der Waals surface area contributed by atoms with Gasteiger partial charge in [0, 0.05) is 18.5 Å². The third-order valence-corrected chi connectivity index (χ3v) is 6.86. The molecule has 0 saturated carbocycles. The quantitative estimate of drug-likeness (QED) is 0.0506. The molecule has 0 aliphatic carbocycles. The zero-order valence-corrected chi connectivity index (χ0v) is 23.3. The van der Waals surface area contributed by atoms with Gasteiger partial charge in [0.1, 0.15) is 17.3 Å². The van der Waals surface area contributed by atoms with Crippen LogP contribution < -0.4 is 26.3 Å². The fourth-order valence-corrected chi connectivity index (χ4v) is 4.40. The van der Waals surface area contributed by atoms with Crippen molar-refractivity contribution in [2.45, 2.75) is 24.4 Å². The lowest BCUT2D eigenvalue weighted by Crippen LogP contribution is -2.34. The highest BCUT2D eigenvalue weighted by molar-refractivity contribution is 7.99. The maximum atomic E-state index is 14.8. The summed E-state index contributed by atoms with van der Waals surface area (Å²) in [6.07, 6.45) is 3.45. The first-order valence-corrected chi connectivity index (χ1v) is 13.7. The molecule has 3 aromatic heterocycles. The van der Waals surface area contributed by atoms with E-state index < -0.39 is 18.8 Å². The van der Waals surface area contributed by atoms with Gasteiger partial charge in [0.05, 0.1) is 47.4 Å². The third-order valence-electron chi connectivity index (χ3n) is 6.00. The van der Waals surface area contributed by atoms with Gasteiger partial charge in [0.15, 0.2) is 10.9 Å². The van der Waals surface area contributed by atoms with Crippen molar-refractivity contribution < 1.29 is 28.8 Å². The number of fused-ring (bicyclic) bond motifs is 3. The molecule has 1 atom stereocenters. The first-order chi connectivity index (χ1) is 19.7. The Morgan fingerprint density at radius 2 is 2.05 bits per heavy atom. The lowest BCUT2D eigenvalue weighted by molar-refractivity contribution is -0.133. The number of carboxylic acid groups (broad SMARTS) is 1. The number of ether oxygens (including phenoxy) is 2. The summed E-state index contributed by atoms with van der Waals surface area (Å²) in [7, 11) is 0.753. The number of halogens is 1. The van der Waals surface area contributed by atoms with Crippen LogP contribution in [0.4, 0.5) is 15.9 Å². The molecule has 8 N–H and O–H groups in total. The SMILES string of the molecule is CB(O)N(C)c1cc(F)cc2c1[nH]c1nc(Oc3cnc(SCC(=O)O)nc3)nc(N[C@H](CN)COCCCN)c12.